The zero-order valence-corrected chi connectivity index (χ0v) is 20.1. The molecule has 2 saturated heterocycles. The molecule has 2 aromatic heterocycles. The molecule has 0 saturated carbocycles. The normalized spacial score (nSPS) is 19.1. The Bertz CT molecular complexity index is 1110. The third-order valence-electron chi connectivity index (χ3n) is 7.04. The third-order valence-corrected chi connectivity index (χ3v) is 8.15. The lowest BCUT2D eigenvalue weighted by Crippen LogP contribution is -2.40. The van der Waals surface area contributed by atoms with E-state index in [4.69, 9.17) is 19.4 Å². The van der Waals surface area contributed by atoms with Gasteiger partial charge in [0.05, 0.1) is 25.1 Å². The molecule has 3 aromatic rings. The summed E-state index contributed by atoms with van der Waals surface area (Å²) in [5.74, 6) is 1.54. The lowest BCUT2D eigenvalue weighted by molar-refractivity contribution is 0.0331. The number of fused-ring (bicyclic) bond motifs is 1. The average molecular weight is 471 g/mol. The van der Waals surface area contributed by atoms with E-state index in [-0.39, 0.29) is 11.2 Å². The zero-order valence-electron chi connectivity index (χ0n) is 19.3. The molecular weight excluding hydrogens is 439 g/mol. The van der Waals surface area contributed by atoms with Crippen molar-refractivity contribution in [3.8, 4) is 0 Å². The van der Waals surface area contributed by atoms with Crippen LogP contribution in [0.5, 0.6) is 0 Å². The van der Waals surface area contributed by atoms with E-state index >= 15 is 0 Å². The molecule has 2 fully saturated rings. The lowest BCUT2D eigenvalue weighted by Gasteiger charge is -2.38. The van der Waals surface area contributed by atoms with Crippen molar-refractivity contribution in [2.75, 3.05) is 51.4 Å². The van der Waals surface area contributed by atoms with Gasteiger partial charge in [0.15, 0.2) is 0 Å². The highest BCUT2D eigenvalue weighted by Crippen LogP contribution is 2.37. The molecule has 0 unspecified atom stereocenters. The summed E-state index contributed by atoms with van der Waals surface area (Å²) in [6.45, 7) is 10.5. The Labute approximate surface area is 198 Å². The number of aryl methyl sites for hydroxylation is 2. The number of nitrogens with one attached hydrogen (secondary N) is 1. The van der Waals surface area contributed by atoms with E-state index in [1.165, 1.54) is 10.4 Å². The molecule has 5 rings (SSSR count). The van der Waals surface area contributed by atoms with Crippen molar-refractivity contribution in [3.63, 3.8) is 0 Å². The van der Waals surface area contributed by atoms with Gasteiger partial charge in [-0.25, -0.2) is 14.4 Å². The Morgan fingerprint density at radius 3 is 2.45 bits per heavy atom. The molecule has 4 heterocycles. The van der Waals surface area contributed by atoms with Crippen molar-refractivity contribution in [2.24, 2.45) is 0 Å². The number of anilines is 1. The van der Waals surface area contributed by atoms with E-state index in [0.29, 0.717) is 13.2 Å². The SMILES string of the molecule is Cc1sc2nc(CN3CCOCC3)nc(NCC3(c4ccc(F)cc4)CCOCC3)c2c1C. The predicted molar refractivity (Wildman–Crippen MR) is 130 cm³/mol. The number of benzene rings is 1. The second-order valence-corrected chi connectivity index (χ2v) is 10.3. The molecule has 1 aromatic carbocycles. The highest BCUT2D eigenvalue weighted by Gasteiger charge is 2.35. The fourth-order valence-electron chi connectivity index (χ4n) is 4.84. The molecule has 0 aliphatic carbocycles. The molecule has 0 amide bonds. The smallest absolute Gasteiger partial charge is 0.146 e. The molecule has 2 aliphatic heterocycles. The Morgan fingerprint density at radius 2 is 1.73 bits per heavy atom. The van der Waals surface area contributed by atoms with Gasteiger partial charge in [0.25, 0.3) is 0 Å². The Balaban J connectivity index is 1.46. The summed E-state index contributed by atoms with van der Waals surface area (Å²) < 4.78 is 24.8. The van der Waals surface area contributed by atoms with E-state index in [9.17, 15) is 4.39 Å². The van der Waals surface area contributed by atoms with Crippen molar-refractivity contribution in [2.45, 2.75) is 38.6 Å². The first-order valence-corrected chi connectivity index (χ1v) is 12.5. The number of ether oxygens (including phenoxy) is 2. The van der Waals surface area contributed by atoms with Gasteiger partial charge in [0, 0.05) is 43.1 Å². The largest absolute Gasteiger partial charge is 0.381 e. The Hall–Kier alpha value is -2.13. The van der Waals surface area contributed by atoms with E-state index in [1.54, 1.807) is 23.5 Å². The summed E-state index contributed by atoms with van der Waals surface area (Å²) in [6.07, 6.45) is 1.78. The van der Waals surface area contributed by atoms with Crippen LogP contribution >= 0.6 is 11.3 Å². The molecule has 176 valence electrons. The lowest BCUT2D eigenvalue weighted by atomic mass is 9.74. The number of hydrogen-bond donors (Lipinski definition) is 1. The minimum absolute atomic E-state index is 0.118. The summed E-state index contributed by atoms with van der Waals surface area (Å²) in [5.41, 5.74) is 2.27. The van der Waals surface area contributed by atoms with Crippen LogP contribution in [0.4, 0.5) is 10.2 Å². The fourth-order valence-corrected chi connectivity index (χ4v) is 5.89. The number of nitrogens with zero attached hydrogens (tertiary/aromatic N) is 3. The number of rotatable bonds is 6. The third kappa shape index (κ3) is 4.75. The van der Waals surface area contributed by atoms with Crippen LogP contribution in [0.2, 0.25) is 0 Å². The van der Waals surface area contributed by atoms with Crippen LogP contribution in [-0.4, -0.2) is 60.9 Å². The molecule has 6 nitrogen and oxygen atoms in total. The molecule has 2 aliphatic rings. The van der Waals surface area contributed by atoms with Gasteiger partial charge >= 0.3 is 0 Å². The zero-order chi connectivity index (χ0) is 22.8. The van der Waals surface area contributed by atoms with E-state index in [1.807, 2.05) is 12.1 Å². The van der Waals surface area contributed by atoms with Crippen LogP contribution in [-0.2, 0) is 21.4 Å². The maximum absolute atomic E-state index is 13.6. The van der Waals surface area contributed by atoms with Gasteiger partial charge in [-0.1, -0.05) is 12.1 Å². The highest BCUT2D eigenvalue weighted by atomic mass is 32.1. The molecule has 0 atom stereocenters. The molecular formula is C25H31FN4O2S. The number of morpholine rings is 1. The standard InChI is InChI=1S/C25H31FN4O2S/c1-17-18(2)33-24-22(17)23(28-21(29-24)15-30-9-13-32-14-10-30)27-16-25(7-11-31-12-8-25)19-3-5-20(26)6-4-19/h3-6H,7-16H2,1-2H3,(H,27,28,29). The van der Waals surface area contributed by atoms with Crippen molar-refractivity contribution in [1.82, 2.24) is 14.9 Å². The van der Waals surface area contributed by atoms with Gasteiger partial charge in [0.1, 0.15) is 22.3 Å². The maximum Gasteiger partial charge on any atom is 0.146 e. The minimum atomic E-state index is -0.205. The van der Waals surface area contributed by atoms with Gasteiger partial charge in [-0.3, -0.25) is 4.90 Å². The second-order valence-electron chi connectivity index (χ2n) is 9.09. The van der Waals surface area contributed by atoms with Crippen LogP contribution in [0.15, 0.2) is 24.3 Å². The number of halogens is 1. The quantitative estimate of drug-likeness (QED) is 0.575. The molecule has 0 radical (unpaired) electrons. The van der Waals surface area contributed by atoms with Crippen LogP contribution in [0.3, 0.4) is 0 Å². The topological polar surface area (TPSA) is 59.5 Å². The minimum Gasteiger partial charge on any atom is -0.381 e. The van der Waals surface area contributed by atoms with Crippen molar-refractivity contribution in [3.05, 3.63) is 51.9 Å². The van der Waals surface area contributed by atoms with Gasteiger partial charge < -0.3 is 14.8 Å². The van der Waals surface area contributed by atoms with Crippen molar-refractivity contribution < 1.29 is 13.9 Å². The van der Waals surface area contributed by atoms with Crippen molar-refractivity contribution >= 4 is 27.4 Å². The Morgan fingerprint density at radius 1 is 1.03 bits per heavy atom. The molecule has 0 spiro atoms. The fraction of sp³-hybridized carbons (Fsp3) is 0.520. The first kappa shape index (κ1) is 22.7. The average Bonchev–Trinajstić information content (AvgIpc) is 3.12. The summed E-state index contributed by atoms with van der Waals surface area (Å²) in [5, 5.41) is 4.82. The molecule has 33 heavy (non-hydrogen) atoms. The van der Waals surface area contributed by atoms with E-state index < -0.39 is 0 Å². The monoisotopic (exact) mass is 470 g/mol. The van der Waals surface area contributed by atoms with Gasteiger partial charge in [-0.05, 0) is 49.9 Å². The number of thiophene rings is 1. The summed E-state index contributed by atoms with van der Waals surface area (Å²) in [6, 6.07) is 6.95. The predicted octanol–water partition coefficient (Wildman–Crippen LogP) is 4.44. The van der Waals surface area contributed by atoms with Crippen LogP contribution < -0.4 is 5.32 Å². The van der Waals surface area contributed by atoms with Gasteiger partial charge in [-0.2, -0.15) is 0 Å². The van der Waals surface area contributed by atoms with Gasteiger partial charge in [-0.15, -0.1) is 11.3 Å². The van der Waals surface area contributed by atoms with E-state index in [2.05, 4.69) is 24.1 Å². The van der Waals surface area contributed by atoms with Crippen LogP contribution in [0, 0.1) is 19.7 Å². The van der Waals surface area contributed by atoms with E-state index in [0.717, 1.165) is 79.7 Å². The molecule has 0 bridgehead atoms. The Kier molecular flexibility index (Phi) is 6.60. The summed E-state index contributed by atoms with van der Waals surface area (Å²) in [7, 11) is 0. The number of aromatic nitrogens is 2. The van der Waals surface area contributed by atoms with Crippen LogP contribution in [0.25, 0.3) is 10.2 Å². The molecule has 8 heteroatoms. The summed E-state index contributed by atoms with van der Waals surface area (Å²) >= 11 is 1.73. The first-order chi connectivity index (χ1) is 16.0. The summed E-state index contributed by atoms with van der Waals surface area (Å²) in [4.78, 5) is 14.6. The second kappa shape index (κ2) is 9.62. The number of hydrogen-bond acceptors (Lipinski definition) is 7. The maximum atomic E-state index is 13.6. The van der Waals surface area contributed by atoms with Gasteiger partial charge in [0.2, 0.25) is 0 Å². The first-order valence-electron chi connectivity index (χ1n) is 11.7. The molecule has 1 N–H and O–H groups in total. The highest BCUT2D eigenvalue weighted by molar-refractivity contribution is 7.18. The van der Waals surface area contributed by atoms with Crippen molar-refractivity contribution in [1.29, 1.82) is 0 Å². The van der Waals surface area contributed by atoms with Crippen LogP contribution in [0.1, 0.15) is 34.7 Å².